The summed E-state index contributed by atoms with van der Waals surface area (Å²) in [5.41, 5.74) is 1.63. The molecule has 21 heavy (non-hydrogen) atoms. The summed E-state index contributed by atoms with van der Waals surface area (Å²) in [6, 6.07) is 3.85. The van der Waals surface area contributed by atoms with Crippen LogP contribution in [0.25, 0.3) is 17.0 Å². The molecular weight excluding hydrogens is 387 g/mol. The zero-order chi connectivity index (χ0) is 14.2. The third-order valence-electron chi connectivity index (χ3n) is 3.26. The number of fused-ring (bicyclic) bond motifs is 1. The van der Waals surface area contributed by atoms with Crippen molar-refractivity contribution in [2.45, 2.75) is 6.10 Å². The molecule has 4 heterocycles. The summed E-state index contributed by atoms with van der Waals surface area (Å²) in [7, 11) is 0. The predicted octanol–water partition coefficient (Wildman–Crippen LogP) is 2.08. The number of ether oxygens (including phenoxy) is 2. The maximum Gasteiger partial charge on any atom is 0.258 e. The number of rotatable bonds is 2. The Morgan fingerprint density at radius 1 is 1.33 bits per heavy atom. The van der Waals surface area contributed by atoms with E-state index < -0.39 is 0 Å². The summed E-state index contributed by atoms with van der Waals surface area (Å²) in [5, 5.41) is 4.04. The van der Waals surface area contributed by atoms with Gasteiger partial charge in [-0.15, -0.1) is 0 Å². The van der Waals surface area contributed by atoms with E-state index in [0.29, 0.717) is 31.5 Å². The first-order chi connectivity index (χ1) is 10.3. The lowest BCUT2D eigenvalue weighted by Crippen LogP contribution is -2.22. The second-order valence-corrected chi connectivity index (χ2v) is 5.69. The van der Waals surface area contributed by atoms with Crippen LogP contribution in [0, 0.1) is 3.70 Å². The highest BCUT2D eigenvalue weighted by Gasteiger charge is 2.24. The van der Waals surface area contributed by atoms with Crippen LogP contribution in [0.2, 0.25) is 0 Å². The Kier molecular flexibility index (Phi) is 3.36. The average Bonchev–Trinajstić information content (AvgIpc) is 3.16. The first-order valence-electron chi connectivity index (χ1n) is 6.48. The van der Waals surface area contributed by atoms with E-state index in [2.05, 4.69) is 37.7 Å². The predicted molar refractivity (Wildman–Crippen MR) is 80.7 cm³/mol. The monoisotopic (exact) mass is 398 g/mol. The van der Waals surface area contributed by atoms with Crippen molar-refractivity contribution in [2.24, 2.45) is 0 Å². The van der Waals surface area contributed by atoms with Crippen LogP contribution in [-0.4, -0.2) is 39.3 Å². The Hall–Kier alpha value is -1.52. The molecule has 0 amide bonds. The summed E-state index contributed by atoms with van der Waals surface area (Å²) in [6.07, 6.45) is 3.46. The highest BCUT2D eigenvalue weighted by Crippen LogP contribution is 2.25. The number of hydrogen-bond donors (Lipinski definition) is 0. The van der Waals surface area contributed by atoms with Gasteiger partial charge >= 0.3 is 0 Å². The van der Waals surface area contributed by atoms with Crippen molar-refractivity contribution in [3.63, 3.8) is 0 Å². The summed E-state index contributed by atoms with van der Waals surface area (Å²) in [4.78, 5) is 8.82. The number of imidazole rings is 1. The second kappa shape index (κ2) is 5.35. The molecule has 3 aromatic rings. The normalized spacial score (nSPS) is 19.2. The molecule has 108 valence electrons. The molecule has 0 N–H and O–H groups in total. The van der Waals surface area contributed by atoms with Gasteiger partial charge in [-0.3, -0.25) is 4.40 Å². The molecule has 7 nitrogen and oxygen atoms in total. The van der Waals surface area contributed by atoms with Crippen LogP contribution in [0.15, 0.2) is 29.0 Å². The molecule has 0 saturated carbocycles. The van der Waals surface area contributed by atoms with Crippen LogP contribution in [0.3, 0.4) is 0 Å². The highest BCUT2D eigenvalue weighted by molar-refractivity contribution is 14.1. The first-order valence-corrected chi connectivity index (χ1v) is 7.56. The molecule has 1 saturated heterocycles. The third kappa shape index (κ3) is 2.32. The molecule has 0 radical (unpaired) electrons. The van der Waals surface area contributed by atoms with Gasteiger partial charge in [0.05, 0.1) is 31.6 Å². The zero-order valence-electron chi connectivity index (χ0n) is 10.9. The Morgan fingerprint density at radius 3 is 3.14 bits per heavy atom. The van der Waals surface area contributed by atoms with Gasteiger partial charge in [-0.25, -0.2) is 4.98 Å². The number of aromatic nitrogens is 4. The van der Waals surface area contributed by atoms with E-state index in [1.807, 2.05) is 22.7 Å². The molecular formula is C13H11IN4O3. The van der Waals surface area contributed by atoms with E-state index in [0.717, 1.165) is 14.9 Å². The summed E-state index contributed by atoms with van der Waals surface area (Å²) >= 11 is 2.23. The SMILES string of the molecule is Ic1cnc2c(-c3noc(C4COCCO4)n3)cccn12. The van der Waals surface area contributed by atoms with Crippen molar-refractivity contribution < 1.29 is 14.0 Å². The van der Waals surface area contributed by atoms with E-state index >= 15 is 0 Å². The number of halogens is 1. The van der Waals surface area contributed by atoms with E-state index in [1.54, 1.807) is 6.20 Å². The van der Waals surface area contributed by atoms with Gasteiger partial charge in [0.1, 0.15) is 9.35 Å². The minimum Gasteiger partial charge on any atom is -0.376 e. The van der Waals surface area contributed by atoms with E-state index in [1.165, 1.54) is 0 Å². The lowest BCUT2D eigenvalue weighted by Gasteiger charge is -2.19. The molecule has 8 heteroatoms. The van der Waals surface area contributed by atoms with Gasteiger partial charge in [0.2, 0.25) is 5.82 Å². The lowest BCUT2D eigenvalue weighted by molar-refractivity contribution is -0.101. The lowest BCUT2D eigenvalue weighted by atomic mass is 10.2. The smallest absolute Gasteiger partial charge is 0.258 e. The second-order valence-electron chi connectivity index (χ2n) is 4.59. The molecule has 1 aliphatic rings. The summed E-state index contributed by atoms with van der Waals surface area (Å²) in [6.45, 7) is 1.58. The van der Waals surface area contributed by atoms with Gasteiger partial charge in [0.25, 0.3) is 5.89 Å². The quantitative estimate of drug-likeness (QED) is 0.616. The van der Waals surface area contributed by atoms with Crippen molar-refractivity contribution in [3.8, 4) is 11.4 Å². The van der Waals surface area contributed by atoms with Crippen molar-refractivity contribution >= 4 is 28.2 Å². The minimum absolute atomic E-state index is 0.292. The van der Waals surface area contributed by atoms with Gasteiger partial charge < -0.3 is 14.0 Å². The number of nitrogens with zero attached hydrogens (tertiary/aromatic N) is 4. The van der Waals surface area contributed by atoms with Gasteiger partial charge in [0.15, 0.2) is 6.10 Å². The Bertz CT molecular complexity index is 779. The average molecular weight is 398 g/mol. The molecule has 0 spiro atoms. The molecule has 3 aromatic heterocycles. The molecule has 1 unspecified atom stereocenters. The minimum atomic E-state index is -0.292. The van der Waals surface area contributed by atoms with E-state index in [9.17, 15) is 0 Å². The van der Waals surface area contributed by atoms with Crippen LogP contribution in [-0.2, 0) is 9.47 Å². The van der Waals surface area contributed by atoms with Crippen LogP contribution in [0.1, 0.15) is 12.0 Å². The Morgan fingerprint density at radius 2 is 2.29 bits per heavy atom. The van der Waals surface area contributed by atoms with Gasteiger partial charge in [-0.2, -0.15) is 4.98 Å². The fraction of sp³-hybridized carbons (Fsp3) is 0.308. The van der Waals surface area contributed by atoms with Crippen molar-refractivity contribution in [3.05, 3.63) is 34.1 Å². The highest BCUT2D eigenvalue weighted by atomic mass is 127. The molecule has 0 aliphatic carbocycles. The van der Waals surface area contributed by atoms with Crippen LogP contribution in [0.5, 0.6) is 0 Å². The van der Waals surface area contributed by atoms with Gasteiger partial charge in [-0.1, -0.05) is 5.16 Å². The molecule has 0 bridgehead atoms. The van der Waals surface area contributed by atoms with E-state index in [-0.39, 0.29) is 6.10 Å². The zero-order valence-corrected chi connectivity index (χ0v) is 13.1. The standard InChI is InChI=1S/C13H11IN4O3/c14-10-6-15-12-8(2-1-3-18(10)12)11-16-13(21-17-11)9-7-19-4-5-20-9/h1-3,6,9H,4-5,7H2. The van der Waals surface area contributed by atoms with Crippen molar-refractivity contribution in [2.75, 3.05) is 19.8 Å². The van der Waals surface area contributed by atoms with Gasteiger partial charge in [0, 0.05) is 6.20 Å². The molecule has 0 aromatic carbocycles. The Labute approximate surface area is 133 Å². The maximum atomic E-state index is 5.56. The molecule has 1 fully saturated rings. The van der Waals surface area contributed by atoms with E-state index in [4.69, 9.17) is 14.0 Å². The third-order valence-corrected chi connectivity index (χ3v) is 4.06. The van der Waals surface area contributed by atoms with Crippen molar-refractivity contribution in [1.82, 2.24) is 19.5 Å². The molecule has 4 rings (SSSR count). The Balaban J connectivity index is 1.74. The first kappa shape index (κ1) is 13.2. The summed E-state index contributed by atoms with van der Waals surface area (Å²) in [5.74, 6) is 0.944. The topological polar surface area (TPSA) is 74.7 Å². The van der Waals surface area contributed by atoms with Crippen LogP contribution < -0.4 is 0 Å². The van der Waals surface area contributed by atoms with Gasteiger partial charge in [-0.05, 0) is 34.7 Å². The summed E-state index contributed by atoms with van der Waals surface area (Å²) < 4.78 is 19.2. The largest absolute Gasteiger partial charge is 0.376 e. The molecule has 1 atom stereocenters. The van der Waals surface area contributed by atoms with Crippen molar-refractivity contribution in [1.29, 1.82) is 0 Å². The van der Waals surface area contributed by atoms with Crippen LogP contribution >= 0.6 is 22.6 Å². The molecule has 1 aliphatic heterocycles. The fourth-order valence-corrected chi connectivity index (χ4v) is 2.79. The number of hydrogen-bond acceptors (Lipinski definition) is 6. The maximum absolute atomic E-state index is 5.56. The number of pyridine rings is 1. The fourth-order valence-electron chi connectivity index (χ4n) is 2.26. The van der Waals surface area contributed by atoms with Crippen LogP contribution in [0.4, 0.5) is 0 Å².